The Morgan fingerprint density at radius 1 is 0.946 bits per heavy atom. The Bertz CT molecular complexity index is 954. The third-order valence-electron chi connectivity index (χ3n) is 5.06. The number of likely N-dealkylation sites (tertiary alicyclic amines) is 1. The molecule has 1 heterocycles. The number of hydrogen-bond acceptors (Lipinski definition) is 7. The van der Waals surface area contributed by atoms with Gasteiger partial charge >= 0.3 is 49.9 Å². The van der Waals surface area contributed by atoms with Crippen LogP contribution in [0.5, 0.6) is 0 Å². The molecule has 0 aliphatic carbocycles. The van der Waals surface area contributed by atoms with Gasteiger partial charge in [-0.05, 0) is 56.3 Å². The molecule has 1 atom stereocenters. The summed E-state index contributed by atoms with van der Waals surface area (Å²) in [5.74, 6) is -0.359. The van der Waals surface area contributed by atoms with Crippen LogP contribution in [0.15, 0.2) is 73.3 Å². The average Bonchev–Trinajstić information content (AvgIpc) is 2.89. The molecule has 10 nitrogen and oxygen atoms in total. The SMILES string of the molecule is C=CC(=O)NCO.O=C(Nc1ccccc1)OCC(CN1CCCCC1)OC(=O)Nc1ccccc1.[Ca+2].[H-].[H-]. The summed E-state index contributed by atoms with van der Waals surface area (Å²) < 4.78 is 10.9. The quantitative estimate of drug-likeness (QED) is 0.218. The maximum atomic E-state index is 12.3. The number of hydrogen-bond donors (Lipinski definition) is 4. The predicted octanol–water partition coefficient (Wildman–Crippen LogP) is 3.42. The minimum absolute atomic E-state index is 0. The number of ether oxygens (including phenoxy) is 2. The van der Waals surface area contributed by atoms with Crippen molar-refractivity contribution in [1.29, 1.82) is 0 Å². The molecule has 0 radical (unpaired) electrons. The molecule has 4 N–H and O–H groups in total. The van der Waals surface area contributed by atoms with Gasteiger partial charge in [-0.25, -0.2) is 9.59 Å². The Labute approximate surface area is 250 Å². The molecule has 1 aliphatic rings. The molecule has 2 aromatic rings. The van der Waals surface area contributed by atoms with E-state index in [1.165, 1.54) is 6.42 Å². The van der Waals surface area contributed by atoms with E-state index >= 15 is 0 Å². The third-order valence-corrected chi connectivity index (χ3v) is 5.06. The molecule has 0 saturated carbocycles. The fourth-order valence-corrected chi connectivity index (χ4v) is 3.37. The molecule has 1 unspecified atom stereocenters. The Balaban J connectivity index is 0. The second-order valence-electron chi connectivity index (χ2n) is 7.87. The minimum Gasteiger partial charge on any atom is -1.00 e. The smallest absolute Gasteiger partial charge is 1.00 e. The van der Waals surface area contributed by atoms with Crippen LogP contribution in [0.4, 0.5) is 21.0 Å². The Kier molecular flexibility index (Phi) is 17.1. The van der Waals surface area contributed by atoms with Crippen LogP contribution >= 0.6 is 0 Å². The summed E-state index contributed by atoms with van der Waals surface area (Å²) in [6.45, 7) is 5.25. The van der Waals surface area contributed by atoms with Crippen molar-refractivity contribution in [3.63, 3.8) is 0 Å². The second kappa shape index (κ2) is 19.5. The van der Waals surface area contributed by atoms with Crippen LogP contribution in [0.1, 0.15) is 22.1 Å². The van der Waals surface area contributed by atoms with E-state index in [1.807, 2.05) is 36.4 Å². The van der Waals surface area contributed by atoms with Crippen molar-refractivity contribution >= 4 is 67.2 Å². The Morgan fingerprint density at radius 3 is 1.97 bits per heavy atom. The zero-order valence-corrected chi connectivity index (χ0v) is 23.1. The summed E-state index contributed by atoms with van der Waals surface area (Å²) in [5.41, 5.74) is 1.30. The summed E-state index contributed by atoms with van der Waals surface area (Å²) >= 11 is 0. The number of para-hydroxylation sites is 2. The number of nitrogens with one attached hydrogen (secondary N) is 3. The summed E-state index contributed by atoms with van der Waals surface area (Å²) in [7, 11) is 0. The van der Waals surface area contributed by atoms with E-state index in [0.29, 0.717) is 17.9 Å². The van der Waals surface area contributed by atoms with Crippen LogP contribution in [-0.2, 0) is 14.3 Å². The molecule has 0 spiro atoms. The van der Waals surface area contributed by atoms with Gasteiger partial charge in [0.25, 0.3) is 0 Å². The molecule has 0 aromatic heterocycles. The summed E-state index contributed by atoms with van der Waals surface area (Å²) in [5, 5.41) is 15.4. The first-order valence-corrected chi connectivity index (χ1v) is 11.7. The number of aliphatic hydroxyl groups is 1. The maximum absolute atomic E-state index is 12.3. The number of carbonyl (C=O) groups excluding carboxylic acids is 3. The number of rotatable bonds is 9. The zero-order valence-electron chi connectivity index (χ0n) is 22.9. The average molecular weight is 541 g/mol. The molecular weight excluding hydrogens is 504 g/mol. The minimum atomic E-state index is -0.577. The van der Waals surface area contributed by atoms with E-state index in [4.69, 9.17) is 14.6 Å². The predicted molar refractivity (Wildman–Crippen MR) is 145 cm³/mol. The van der Waals surface area contributed by atoms with Gasteiger partial charge in [-0.3, -0.25) is 20.3 Å². The molecule has 2 aromatic carbocycles. The molecule has 3 amide bonds. The van der Waals surface area contributed by atoms with Crippen LogP contribution in [0.2, 0.25) is 0 Å². The normalized spacial score (nSPS) is 13.3. The number of benzene rings is 2. The van der Waals surface area contributed by atoms with Gasteiger partial charge in [0.2, 0.25) is 5.91 Å². The molecule has 11 heteroatoms. The van der Waals surface area contributed by atoms with Crippen LogP contribution in [-0.4, -0.2) is 105 Å². The molecule has 198 valence electrons. The molecule has 1 saturated heterocycles. The molecule has 3 rings (SSSR count). The van der Waals surface area contributed by atoms with Gasteiger partial charge in [0.15, 0.2) is 6.10 Å². The molecule has 0 bridgehead atoms. The number of amides is 3. The molecule has 1 aliphatic heterocycles. The van der Waals surface area contributed by atoms with Gasteiger partial charge in [0.1, 0.15) is 13.3 Å². The number of aliphatic hydroxyl groups excluding tert-OH is 1. The molecule has 37 heavy (non-hydrogen) atoms. The van der Waals surface area contributed by atoms with E-state index in [-0.39, 0.29) is 59.8 Å². The Hall–Kier alpha value is -2.63. The van der Waals surface area contributed by atoms with Crippen molar-refractivity contribution in [2.45, 2.75) is 25.4 Å². The fourth-order valence-electron chi connectivity index (χ4n) is 3.37. The van der Waals surface area contributed by atoms with Gasteiger partial charge in [-0.15, -0.1) is 0 Å². The van der Waals surface area contributed by atoms with Crippen molar-refractivity contribution < 1.29 is 31.8 Å². The topological polar surface area (TPSA) is 129 Å². The zero-order chi connectivity index (χ0) is 26.0. The van der Waals surface area contributed by atoms with Gasteiger partial charge in [-0.1, -0.05) is 49.4 Å². The third kappa shape index (κ3) is 14.6. The van der Waals surface area contributed by atoms with Crippen molar-refractivity contribution in [3.8, 4) is 0 Å². The van der Waals surface area contributed by atoms with Crippen molar-refractivity contribution in [2.24, 2.45) is 0 Å². The van der Waals surface area contributed by atoms with Gasteiger partial charge < -0.3 is 22.8 Å². The summed E-state index contributed by atoms with van der Waals surface area (Å²) in [6, 6.07) is 18.2. The van der Waals surface area contributed by atoms with Crippen molar-refractivity contribution in [1.82, 2.24) is 10.2 Å². The first-order valence-electron chi connectivity index (χ1n) is 11.7. The van der Waals surface area contributed by atoms with Crippen molar-refractivity contribution in [2.75, 3.05) is 43.6 Å². The summed E-state index contributed by atoms with van der Waals surface area (Å²) in [4.78, 5) is 36.6. The molecule has 1 fully saturated rings. The van der Waals surface area contributed by atoms with Crippen LogP contribution in [0.25, 0.3) is 0 Å². The van der Waals surface area contributed by atoms with E-state index in [9.17, 15) is 14.4 Å². The van der Waals surface area contributed by atoms with E-state index in [2.05, 4.69) is 27.4 Å². The first-order chi connectivity index (χ1) is 17.5. The van der Waals surface area contributed by atoms with E-state index in [1.54, 1.807) is 24.3 Å². The van der Waals surface area contributed by atoms with Gasteiger partial charge in [0, 0.05) is 17.9 Å². The molecular formula is C26H36CaN4O6. The summed E-state index contributed by atoms with van der Waals surface area (Å²) in [6.07, 6.45) is 2.86. The number of carbonyl (C=O) groups is 3. The van der Waals surface area contributed by atoms with Crippen LogP contribution in [0, 0.1) is 0 Å². The maximum Gasteiger partial charge on any atom is 2.00 e. The Morgan fingerprint density at radius 2 is 1.49 bits per heavy atom. The monoisotopic (exact) mass is 540 g/mol. The fraction of sp³-hybridized carbons (Fsp3) is 0.346. The number of nitrogens with zero attached hydrogens (tertiary/aromatic N) is 1. The van der Waals surface area contributed by atoms with E-state index < -0.39 is 18.3 Å². The standard InChI is InChI=1S/C22H27N3O4.C4H7NO2.Ca.2H/c26-21(23-18-10-4-1-5-11-18)28-17-20(16-25-14-8-3-9-15-25)29-22(27)24-19-12-6-2-7-13-19;1-2-4(7)5-3-6;;;/h1-2,4-7,10-13,20H,3,8-9,14-17H2,(H,23,26)(H,24,27);2,6H,1,3H2,(H,5,7);;;/q;;+2;2*-1. The van der Waals surface area contributed by atoms with Crippen LogP contribution < -0.4 is 16.0 Å². The van der Waals surface area contributed by atoms with Crippen molar-refractivity contribution in [3.05, 3.63) is 73.3 Å². The van der Waals surface area contributed by atoms with E-state index in [0.717, 1.165) is 32.0 Å². The number of piperidine rings is 1. The van der Waals surface area contributed by atoms with Gasteiger partial charge in [-0.2, -0.15) is 0 Å². The van der Waals surface area contributed by atoms with Gasteiger partial charge in [0.05, 0.1) is 0 Å². The largest absolute Gasteiger partial charge is 2.00 e. The first kappa shape index (κ1) is 32.4. The van der Waals surface area contributed by atoms with Crippen LogP contribution in [0.3, 0.4) is 0 Å². The second-order valence-corrected chi connectivity index (χ2v) is 7.87. The number of anilines is 2.